The van der Waals surface area contributed by atoms with Gasteiger partial charge in [0.1, 0.15) is 5.75 Å². The van der Waals surface area contributed by atoms with Crippen LogP contribution in [0.2, 0.25) is 5.02 Å². The zero-order valence-electron chi connectivity index (χ0n) is 22.8. The Morgan fingerprint density at radius 2 is 1.80 bits per heavy atom. The van der Waals surface area contributed by atoms with E-state index in [9.17, 15) is 22.8 Å². The van der Waals surface area contributed by atoms with Gasteiger partial charge >= 0.3 is 6.18 Å². The highest BCUT2D eigenvalue weighted by molar-refractivity contribution is 6.34. The van der Waals surface area contributed by atoms with Gasteiger partial charge in [0.25, 0.3) is 5.91 Å². The molecule has 216 valence electrons. The second kappa shape index (κ2) is 11.6. The van der Waals surface area contributed by atoms with Crippen LogP contribution in [0.3, 0.4) is 0 Å². The molecule has 8 nitrogen and oxygen atoms in total. The number of halogens is 4. The monoisotopic (exact) mass is 579 g/mol. The lowest BCUT2D eigenvalue weighted by molar-refractivity contribution is -0.182. The number of hydrogen-bond acceptors (Lipinski definition) is 5. The summed E-state index contributed by atoms with van der Waals surface area (Å²) in [7, 11) is 1.54. The molecule has 0 atom stereocenters. The summed E-state index contributed by atoms with van der Waals surface area (Å²) in [5.41, 5.74) is 2.21. The van der Waals surface area contributed by atoms with E-state index < -0.39 is 23.4 Å². The van der Waals surface area contributed by atoms with E-state index in [2.05, 4.69) is 25.9 Å². The molecule has 1 aliphatic carbocycles. The number of rotatable bonds is 7. The highest BCUT2D eigenvalue weighted by Crippen LogP contribution is 2.38. The van der Waals surface area contributed by atoms with Crippen molar-refractivity contribution in [3.05, 3.63) is 46.5 Å². The number of imidazole rings is 1. The van der Waals surface area contributed by atoms with Gasteiger partial charge in [-0.3, -0.25) is 9.59 Å². The van der Waals surface area contributed by atoms with E-state index in [0.29, 0.717) is 35.0 Å². The normalized spacial score (nSPS) is 17.9. The Kier molecular flexibility index (Phi) is 8.53. The number of aromatic nitrogens is 2. The van der Waals surface area contributed by atoms with E-state index in [0.717, 1.165) is 5.56 Å². The number of fused-ring (bicyclic) bond motifs is 1. The number of ether oxygens (including phenoxy) is 1. The van der Waals surface area contributed by atoms with Crippen LogP contribution < -0.4 is 20.7 Å². The van der Waals surface area contributed by atoms with Crippen molar-refractivity contribution in [1.29, 1.82) is 0 Å². The van der Waals surface area contributed by atoms with Gasteiger partial charge < -0.3 is 25.7 Å². The molecule has 40 heavy (non-hydrogen) atoms. The fraction of sp³-hybridized carbons (Fsp3) is 0.464. The summed E-state index contributed by atoms with van der Waals surface area (Å²) >= 11 is 6.40. The van der Waals surface area contributed by atoms with E-state index in [1.807, 2.05) is 32.9 Å². The third-order valence-corrected chi connectivity index (χ3v) is 7.30. The topological polar surface area (TPSA) is 108 Å². The summed E-state index contributed by atoms with van der Waals surface area (Å²) in [4.78, 5) is 32.8. The molecule has 0 spiro atoms. The number of H-pyrrole nitrogens is 1. The number of amides is 2. The average Bonchev–Trinajstić information content (AvgIpc) is 3.26. The lowest BCUT2D eigenvalue weighted by atomic mass is 9.85. The Balaban J connectivity index is 1.47. The predicted molar refractivity (Wildman–Crippen MR) is 148 cm³/mol. The van der Waals surface area contributed by atoms with Crippen LogP contribution in [0, 0.1) is 11.3 Å². The number of hydrogen-bond donors (Lipinski definition) is 4. The standard InChI is InChI=1S/C28H33ClF3N5O3/c1-27(2,3)25(39)33-14-15-5-10-23(40-4)22(11-15)37-26-35-20-12-18(19(29)13-21(20)36-26)24(38)34-17-8-6-16(7-9-17)28(30,31)32/h5,10-13,16-17H,6-9,14H2,1-4H3,(H,33,39)(H,34,38)(H2,35,36,37). The van der Waals surface area contributed by atoms with E-state index in [1.165, 1.54) is 0 Å². The molecule has 1 aliphatic rings. The zero-order valence-corrected chi connectivity index (χ0v) is 23.5. The molecular formula is C28H33ClF3N5O3. The van der Waals surface area contributed by atoms with Gasteiger partial charge in [0, 0.05) is 18.0 Å². The maximum atomic E-state index is 13.0. The van der Waals surface area contributed by atoms with Crippen LogP contribution in [0.15, 0.2) is 30.3 Å². The van der Waals surface area contributed by atoms with E-state index in [-0.39, 0.29) is 48.2 Å². The molecule has 1 saturated carbocycles. The molecule has 0 unspecified atom stereocenters. The van der Waals surface area contributed by atoms with E-state index >= 15 is 0 Å². The van der Waals surface area contributed by atoms with Gasteiger partial charge in [-0.15, -0.1) is 0 Å². The Bertz CT molecular complexity index is 1390. The third-order valence-electron chi connectivity index (χ3n) is 6.99. The molecule has 3 aromatic rings. The molecule has 12 heteroatoms. The van der Waals surface area contributed by atoms with Gasteiger partial charge in [0.2, 0.25) is 11.9 Å². The van der Waals surface area contributed by atoms with Crippen LogP contribution in [0.25, 0.3) is 11.0 Å². The second-order valence-electron chi connectivity index (χ2n) is 11.1. The fourth-order valence-electron chi connectivity index (χ4n) is 4.63. The van der Waals surface area contributed by atoms with Crippen LogP contribution in [0.4, 0.5) is 24.8 Å². The maximum absolute atomic E-state index is 13.0. The summed E-state index contributed by atoms with van der Waals surface area (Å²) in [6, 6.07) is 8.26. The molecule has 4 rings (SSSR count). The van der Waals surface area contributed by atoms with Crippen LogP contribution >= 0.6 is 11.6 Å². The SMILES string of the molecule is COc1ccc(CNC(=O)C(C)(C)C)cc1Nc1nc2cc(C(=O)NC3CCC(C(F)(F)F)CC3)c(Cl)cc2[nH]1. The van der Waals surface area contributed by atoms with Gasteiger partial charge in [-0.05, 0) is 55.5 Å². The summed E-state index contributed by atoms with van der Waals surface area (Å²) in [6.45, 7) is 5.86. The molecular weight excluding hydrogens is 547 g/mol. The Morgan fingerprint density at radius 3 is 2.42 bits per heavy atom. The zero-order chi connectivity index (χ0) is 29.2. The van der Waals surface area contributed by atoms with Crippen LogP contribution in [-0.2, 0) is 11.3 Å². The molecule has 0 radical (unpaired) electrons. The minimum Gasteiger partial charge on any atom is -0.495 e. The lowest BCUT2D eigenvalue weighted by Gasteiger charge is -2.30. The number of alkyl halides is 3. The number of anilines is 2. The van der Waals surface area contributed by atoms with Gasteiger partial charge in [-0.2, -0.15) is 13.2 Å². The molecule has 2 amide bonds. The number of aromatic amines is 1. The second-order valence-corrected chi connectivity index (χ2v) is 11.5. The van der Waals surface area contributed by atoms with Crippen LogP contribution in [0.5, 0.6) is 5.75 Å². The van der Waals surface area contributed by atoms with Crippen molar-refractivity contribution >= 4 is 46.1 Å². The molecule has 4 N–H and O–H groups in total. The molecule has 1 aromatic heterocycles. The van der Waals surface area contributed by atoms with E-state index in [1.54, 1.807) is 25.3 Å². The fourth-order valence-corrected chi connectivity index (χ4v) is 4.88. The van der Waals surface area contributed by atoms with Crippen molar-refractivity contribution in [2.45, 2.75) is 65.2 Å². The maximum Gasteiger partial charge on any atom is 0.391 e. The molecule has 1 heterocycles. The first-order chi connectivity index (χ1) is 18.7. The third kappa shape index (κ3) is 6.99. The van der Waals surface area contributed by atoms with E-state index in [4.69, 9.17) is 16.3 Å². The van der Waals surface area contributed by atoms with Gasteiger partial charge in [-0.1, -0.05) is 38.4 Å². The molecule has 1 fully saturated rings. The quantitative estimate of drug-likeness (QED) is 0.256. The minimum absolute atomic E-state index is 0.0107. The highest BCUT2D eigenvalue weighted by Gasteiger charge is 2.41. The lowest BCUT2D eigenvalue weighted by Crippen LogP contribution is -2.40. The van der Waals surface area contributed by atoms with Crippen molar-refractivity contribution in [1.82, 2.24) is 20.6 Å². The largest absolute Gasteiger partial charge is 0.495 e. The first-order valence-electron chi connectivity index (χ1n) is 13.0. The molecule has 0 bridgehead atoms. The number of methoxy groups -OCH3 is 1. The Labute approximate surface area is 235 Å². The van der Waals surface area contributed by atoms with Crippen LogP contribution in [-0.4, -0.2) is 41.1 Å². The van der Waals surface area contributed by atoms with Crippen molar-refractivity contribution < 1.29 is 27.5 Å². The number of carbonyl (C=O) groups excluding carboxylic acids is 2. The smallest absolute Gasteiger partial charge is 0.391 e. The number of benzene rings is 2. The predicted octanol–water partition coefficient (Wildman–Crippen LogP) is 6.48. The van der Waals surface area contributed by atoms with Crippen molar-refractivity contribution in [2.24, 2.45) is 11.3 Å². The summed E-state index contributed by atoms with van der Waals surface area (Å²) in [5, 5.41) is 9.11. The first-order valence-corrected chi connectivity index (χ1v) is 13.4. The van der Waals surface area contributed by atoms with Crippen molar-refractivity contribution in [2.75, 3.05) is 12.4 Å². The molecule has 2 aromatic carbocycles. The van der Waals surface area contributed by atoms with Gasteiger partial charge in [0.15, 0.2) is 0 Å². The van der Waals surface area contributed by atoms with Crippen LogP contribution in [0.1, 0.15) is 62.4 Å². The highest BCUT2D eigenvalue weighted by atomic mass is 35.5. The first kappa shape index (κ1) is 29.5. The number of nitrogens with one attached hydrogen (secondary N) is 4. The molecule has 0 saturated heterocycles. The van der Waals surface area contributed by atoms with Gasteiger partial charge in [0.05, 0.1) is 40.3 Å². The van der Waals surface area contributed by atoms with Gasteiger partial charge in [-0.25, -0.2) is 4.98 Å². The summed E-state index contributed by atoms with van der Waals surface area (Å²) < 4.78 is 44.3. The summed E-state index contributed by atoms with van der Waals surface area (Å²) in [5.74, 6) is -0.905. The average molecular weight is 580 g/mol. The Hall–Kier alpha value is -3.47. The summed E-state index contributed by atoms with van der Waals surface area (Å²) in [6.07, 6.45) is -3.71. The Morgan fingerprint density at radius 1 is 1.10 bits per heavy atom. The van der Waals surface area contributed by atoms with Crippen molar-refractivity contribution in [3.63, 3.8) is 0 Å². The van der Waals surface area contributed by atoms with Crippen molar-refractivity contribution in [3.8, 4) is 5.75 Å². The molecule has 0 aliphatic heterocycles. The number of carbonyl (C=O) groups is 2. The minimum atomic E-state index is -4.21. The number of nitrogens with zero attached hydrogens (tertiary/aromatic N) is 1.